The summed E-state index contributed by atoms with van der Waals surface area (Å²) in [5.74, 6) is -2.00. The Hall–Kier alpha value is -1.83. The van der Waals surface area contributed by atoms with Crippen LogP contribution in [0, 0.1) is 0 Å². The maximum atomic E-state index is 12.0. The minimum Gasteiger partial charge on any atom is -0.480 e. The minimum atomic E-state index is -1.32. The fourth-order valence-corrected chi connectivity index (χ4v) is 1.67. The van der Waals surface area contributed by atoms with Crippen LogP contribution in [0.5, 0.6) is 0 Å². The molecule has 8 heteroatoms. The predicted octanol–water partition coefficient (Wildman–Crippen LogP) is 0.0691. The molecule has 1 unspecified atom stereocenters. The van der Waals surface area contributed by atoms with E-state index < -0.39 is 30.4 Å². The summed E-state index contributed by atoms with van der Waals surface area (Å²) in [7, 11) is 2.67. The van der Waals surface area contributed by atoms with Gasteiger partial charge in [-0.05, 0) is 13.8 Å². The lowest BCUT2D eigenvalue weighted by atomic mass is 10.2. The standard InChI is InChI=1S/C12H22N2O6/c1-5-14(8(2)7-19-3)12(18)13-9(11(16)17)6-10(15)20-4/h8-9H,5-7H2,1-4H3,(H,13,18)(H,16,17)/t8?,9-/m0/s1. The Morgan fingerprint density at radius 2 is 1.90 bits per heavy atom. The predicted molar refractivity (Wildman–Crippen MR) is 70.3 cm³/mol. The van der Waals surface area contributed by atoms with Crippen molar-refractivity contribution in [3.63, 3.8) is 0 Å². The summed E-state index contributed by atoms with van der Waals surface area (Å²) in [4.78, 5) is 35.6. The molecule has 8 nitrogen and oxygen atoms in total. The fourth-order valence-electron chi connectivity index (χ4n) is 1.67. The molecule has 0 rings (SSSR count). The van der Waals surface area contributed by atoms with Crippen molar-refractivity contribution < 1.29 is 29.0 Å². The lowest BCUT2D eigenvalue weighted by Gasteiger charge is -2.28. The highest BCUT2D eigenvalue weighted by molar-refractivity contribution is 5.86. The average Bonchev–Trinajstić information content (AvgIpc) is 2.38. The number of likely N-dealkylation sites (N-methyl/N-ethyl adjacent to an activating group) is 1. The Morgan fingerprint density at radius 3 is 2.30 bits per heavy atom. The van der Waals surface area contributed by atoms with E-state index in [1.165, 1.54) is 12.0 Å². The number of esters is 1. The number of carboxylic acids is 1. The summed E-state index contributed by atoms with van der Waals surface area (Å²) in [5, 5.41) is 11.3. The van der Waals surface area contributed by atoms with Crippen molar-refractivity contribution >= 4 is 18.0 Å². The number of carboxylic acid groups (broad SMARTS) is 1. The van der Waals surface area contributed by atoms with E-state index in [9.17, 15) is 14.4 Å². The van der Waals surface area contributed by atoms with E-state index in [0.717, 1.165) is 7.11 Å². The highest BCUT2D eigenvalue weighted by Gasteiger charge is 2.27. The number of carbonyl (C=O) groups is 3. The van der Waals surface area contributed by atoms with Crippen LogP contribution in [0.3, 0.4) is 0 Å². The molecule has 20 heavy (non-hydrogen) atoms. The molecule has 0 fully saturated rings. The third-order valence-electron chi connectivity index (χ3n) is 2.74. The lowest BCUT2D eigenvalue weighted by molar-refractivity contribution is -0.147. The monoisotopic (exact) mass is 290 g/mol. The molecular weight excluding hydrogens is 268 g/mol. The molecule has 0 saturated heterocycles. The van der Waals surface area contributed by atoms with E-state index in [-0.39, 0.29) is 6.04 Å². The minimum absolute atomic E-state index is 0.211. The maximum Gasteiger partial charge on any atom is 0.326 e. The summed E-state index contributed by atoms with van der Waals surface area (Å²) in [6.07, 6.45) is -0.423. The van der Waals surface area contributed by atoms with Crippen LogP contribution in [0.4, 0.5) is 4.79 Å². The van der Waals surface area contributed by atoms with Crippen LogP contribution in [0.2, 0.25) is 0 Å². The fraction of sp³-hybridized carbons (Fsp3) is 0.750. The largest absolute Gasteiger partial charge is 0.480 e. The summed E-state index contributed by atoms with van der Waals surface area (Å²) in [5.41, 5.74) is 0. The molecule has 0 aliphatic rings. The van der Waals surface area contributed by atoms with Gasteiger partial charge in [-0.25, -0.2) is 9.59 Å². The molecule has 0 aliphatic heterocycles. The Labute approximate surface area is 118 Å². The first-order valence-corrected chi connectivity index (χ1v) is 6.23. The number of carbonyl (C=O) groups excluding carboxylic acids is 2. The van der Waals surface area contributed by atoms with Gasteiger partial charge in [-0.15, -0.1) is 0 Å². The Balaban J connectivity index is 4.71. The van der Waals surface area contributed by atoms with Gasteiger partial charge in [0.1, 0.15) is 6.04 Å². The number of hydrogen-bond donors (Lipinski definition) is 2. The number of rotatable bonds is 8. The number of ether oxygens (including phenoxy) is 2. The number of nitrogens with one attached hydrogen (secondary N) is 1. The zero-order valence-electron chi connectivity index (χ0n) is 12.2. The number of amides is 2. The third kappa shape index (κ3) is 5.87. The van der Waals surface area contributed by atoms with Crippen LogP contribution in [0.25, 0.3) is 0 Å². The van der Waals surface area contributed by atoms with Crippen LogP contribution in [0.15, 0.2) is 0 Å². The van der Waals surface area contributed by atoms with E-state index in [2.05, 4.69) is 10.1 Å². The second-order valence-corrected chi connectivity index (χ2v) is 4.21. The normalized spacial score (nSPS) is 13.2. The van der Waals surface area contributed by atoms with Crippen molar-refractivity contribution in [2.45, 2.75) is 32.4 Å². The van der Waals surface area contributed by atoms with E-state index in [1.54, 1.807) is 13.8 Å². The zero-order chi connectivity index (χ0) is 15.7. The highest BCUT2D eigenvalue weighted by atomic mass is 16.5. The first-order chi connectivity index (χ1) is 9.37. The van der Waals surface area contributed by atoms with Crippen LogP contribution >= 0.6 is 0 Å². The average molecular weight is 290 g/mol. The molecule has 0 saturated carbocycles. The van der Waals surface area contributed by atoms with Gasteiger partial charge in [0, 0.05) is 13.7 Å². The summed E-state index contributed by atoms with van der Waals surface area (Å²) in [6, 6.07) is -2.09. The topological polar surface area (TPSA) is 105 Å². The molecule has 0 aromatic carbocycles. The first-order valence-electron chi connectivity index (χ1n) is 6.23. The van der Waals surface area contributed by atoms with Crippen molar-refractivity contribution in [1.82, 2.24) is 10.2 Å². The number of methoxy groups -OCH3 is 2. The maximum absolute atomic E-state index is 12.0. The second-order valence-electron chi connectivity index (χ2n) is 4.21. The molecule has 0 heterocycles. The molecule has 0 spiro atoms. The molecule has 0 bridgehead atoms. The molecule has 2 N–H and O–H groups in total. The molecule has 0 aromatic rings. The zero-order valence-corrected chi connectivity index (χ0v) is 12.2. The van der Waals surface area contributed by atoms with Crippen LogP contribution in [-0.4, -0.2) is 67.4 Å². The molecule has 0 aromatic heterocycles. The number of urea groups is 1. The number of aliphatic carboxylic acids is 1. The Morgan fingerprint density at radius 1 is 1.30 bits per heavy atom. The van der Waals surface area contributed by atoms with Crippen molar-refractivity contribution in [2.75, 3.05) is 27.4 Å². The van der Waals surface area contributed by atoms with Gasteiger partial charge in [0.05, 0.1) is 26.2 Å². The molecule has 0 aliphatic carbocycles. The van der Waals surface area contributed by atoms with Gasteiger partial charge >= 0.3 is 18.0 Å². The van der Waals surface area contributed by atoms with Crippen LogP contribution in [-0.2, 0) is 19.1 Å². The molecule has 2 atom stereocenters. The van der Waals surface area contributed by atoms with Crippen LogP contribution in [0.1, 0.15) is 20.3 Å². The number of hydrogen-bond acceptors (Lipinski definition) is 5. The smallest absolute Gasteiger partial charge is 0.326 e. The van der Waals surface area contributed by atoms with Gasteiger partial charge < -0.3 is 24.8 Å². The van der Waals surface area contributed by atoms with Gasteiger partial charge in [-0.3, -0.25) is 4.79 Å². The van der Waals surface area contributed by atoms with Crippen molar-refractivity contribution in [2.24, 2.45) is 0 Å². The van der Waals surface area contributed by atoms with Crippen molar-refractivity contribution in [3.8, 4) is 0 Å². The Bertz CT molecular complexity index is 347. The molecular formula is C12H22N2O6. The van der Waals surface area contributed by atoms with Crippen LogP contribution < -0.4 is 5.32 Å². The third-order valence-corrected chi connectivity index (χ3v) is 2.74. The first kappa shape index (κ1) is 18.2. The number of nitrogens with zero attached hydrogens (tertiary/aromatic N) is 1. The lowest BCUT2D eigenvalue weighted by Crippen LogP contribution is -2.52. The second kappa shape index (κ2) is 9.13. The van der Waals surface area contributed by atoms with E-state index >= 15 is 0 Å². The van der Waals surface area contributed by atoms with Gasteiger partial charge in [0.15, 0.2) is 0 Å². The van der Waals surface area contributed by atoms with Gasteiger partial charge in [0.2, 0.25) is 0 Å². The van der Waals surface area contributed by atoms with E-state index in [4.69, 9.17) is 9.84 Å². The quantitative estimate of drug-likeness (QED) is 0.613. The van der Waals surface area contributed by atoms with Crippen molar-refractivity contribution in [3.05, 3.63) is 0 Å². The summed E-state index contributed by atoms with van der Waals surface area (Å²) >= 11 is 0. The van der Waals surface area contributed by atoms with E-state index in [1.807, 2.05) is 0 Å². The van der Waals surface area contributed by atoms with Gasteiger partial charge in [-0.1, -0.05) is 0 Å². The van der Waals surface area contributed by atoms with Gasteiger partial charge in [-0.2, -0.15) is 0 Å². The highest BCUT2D eigenvalue weighted by Crippen LogP contribution is 2.03. The van der Waals surface area contributed by atoms with E-state index in [0.29, 0.717) is 13.2 Å². The van der Waals surface area contributed by atoms with Crippen molar-refractivity contribution in [1.29, 1.82) is 0 Å². The molecule has 2 amide bonds. The van der Waals surface area contributed by atoms with Gasteiger partial charge in [0.25, 0.3) is 0 Å². The molecule has 0 radical (unpaired) electrons. The Kier molecular flexibility index (Phi) is 8.30. The molecule has 116 valence electrons. The summed E-state index contributed by atoms with van der Waals surface area (Å²) < 4.78 is 9.36. The SMILES string of the molecule is CCN(C(=O)N[C@@H](CC(=O)OC)C(=O)O)C(C)COC. The summed E-state index contributed by atoms with van der Waals surface area (Å²) in [6.45, 7) is 4.27.